The quantitative estimate of drug-likeness (QED) is 0.392. The maximum Gasteiger partial charge on any atom is 0.262 e. The molecule has 0 radical (unpaired) electrons. The van der Waals surface area contributed by atoms with E-state index in [1.807, 2.05) is 30.1 Å². The van der Waals surface area contributed by atoms with E-state index in [9.17, 15) is 4.79 Å². The number of thioether (sulfide) groups is 1. The van der Waals surface area contributed by atoms with Crippen LogP contribution >= 0.6 is 11.8 Å². The Hall–Kier alpha value is -4.09. The molecule has 2 aliphatic rings. The Labute approximate surface area is 206 Å². The van der Waals surface area contributed by atoms with Gasteiger partial charge < -0.3 is 15.4 Å². The minimum absolute atomic E-state index is 0.0288. The molecule has 1 aromatic carbocycles. The zero-order chi connectivity index (χ0) is 23.6. The Bertz CT molecular complexity index is 1490. The van der Waals surface area contributed by atoms with Gasteiger partial charge in [0.25, 0.3) is 5.91 Å². The first kappa shape index (κ1) is 21.4. The number of pyridine rings is 3. The lowest BCUT2D eigenvalue weighted by Gasteiger charge is -2.24. The molecule has 1 aliphatic heterocycles. The van der Waals surface area contributed by atoms with E-state index in [2.05, 4.69) is 61.7 Å². The summed E-state index contributed by atoms with van der Waals surface area (Å²) in [7, 11) is 0. The van der Waals surface area contributed by atoms with Crippen LogP contribution in [0.4, 0.5) is 17.2 Å². The fourth-order valence-electron chi connectivity index (χ4n) is 3.86. The first-order valence-electron chi connectivity index (χ1n) is 11.4. The van der Waals surface area contributed by atoms with Crippen molar-refractivity contribution in [1.29, 1.82) is 0 Å². The predicted octanol–water partition coefficient (Wildman–Crippen LogP) is 5.14. The summed E-state index contributed by atoms with van der Waals surface area (Å²) in [5.74, 6) is 7.14. The smallest absolute Gasteiger partial charge is 0.262 e. The molecule has 1 fully saturated rings. The number of ether oxygens (including phenoxy) is 1. The summed E-state index contributed by atoms with van der Waals surface area (Å²) in [6, 6.07) is 14.1. The molecule has 0 bridgehead atoms. The number of carbonyl (C=O) groups is 1. The molecule has 6 rings (SSSR count). The monoisotopic (exact) mass is 479 g/mol. The number of nitrogens with zero attached hydrogens (tertiary/aromatic N) is 3. The Balaban J connectivity index is 1.24. The average molecular weight is 480 g/mol. The molecule has 8 heteroatoms. The van der Waals surface area contributed by atoms with Crippen molar-refractivity contribution < 1.29 is 9.53 Å². The van der Waals surface area contributed by atoms with Crippen LogP contribution in [0.3, 0.4) is 0 Å². The van der Waals surface area contributed by atoms with Crippen molar-refractivity contribution in [3.8, 4) is 17.7 Å². The molecule has 172 valence electrons. The molecule has 2 N–H and O–H groups in total. The Morgan fingerprint density at radius 3 is 2.74 bits per heavy atom. The van der Waals surface area contributed by atoms with Crippen LogP contribution in [-0.4, -0.2) is 32.7 Å². The highest BCUT2D eigenvalue weighted by molar-refractivity contribution is 8.00. The maximum atomic E-state index is 11.6. The van der Waals surface area contributed by atoms with Crippen molar-refractivity contribution in [3.05, 3.63) is 72.3 Å². The minimum atomic E-state index is -0.209. The average Bonchev–Trinajstić information content (AvgIpc) is 2.85. The van der Waals surface area contributed by atoms with Crippen LogP contribution in [-0.2, 0) is 4.79 Å². The van der Waals surface area contributed by atoms with E-state index < -0.39 is 0 Å². The minimum Gasteiger partial charge on any atom is -0.466 e. The maximum absolute atomic E-state index is 11.6. The normalized spacial score (nSPS) is 14.7. The lowest BCUT2D eigenvalue weighted by atomic mass is 10.0. The van der Waals surface area contributed by atoms with Crippen molar-refractivity contribution >= 4 is 45.6 Å². The SMILES string of the molecule is O=C1COc2ncc(C#Cc3nccc4cnc(Nc5ccc(SC6CCC6)cc5)cc34)cc2N1. The van der Waals surface area contributed by atoms with Gasteiger partial charge in [-0.3, -0.25) is 4.79 Å². The van der Waals surface area contributed by atoms with Crippen molar-refractivity contribution in [3.63, 3.8) is 0 Å². The first-order chi connectivity index (χ1) is 17.2. The summed E-state index contributed by atoms with van der Waals surface area (Å²) < 4.78 is 5.31. The molecular formula is C27H21N5O2S. The summed E-state index contributed by atoms with van der Waals surface area (Å²) in [6.07, 6.45) is 9.15. The largest absolute Gasteiger partial charge is 0.466 e. The topological polar surface area (TPSA) is 89.0 Å². The van der Waals surface area contributed by atoms with Gasteiger partial charge in [-0.15, -0.1) is 11.8 Å². The van der Waals surface area contributed by atoms with Gasteiger partial charge in [-0.25, -0.2) is 15.0 Å². The fraction of sp³-hybridized carbons (Fsp3) is 0.185. The van der Waals surface area contributed by atoms with Gasteiger partial charge in [-0.1, -0.05) is 12.3 Å². The molecule has 35 heavy (non-hydrogen) atoms. The number of rotatable bonds is 4. The van der Waals surface area contributed by atoms with E-state index in [1.165, 1.54) is 24.2 Å². The highest BCUT2D eigenvalue weighted by Gasteiger charge is 2.18. The van der Waals surface area contributed by atoms with E-state index >= 15 is 0 Å². The second-order valence-corrected chi connectivity index (χ2v) is 9.81. The standard InChI is InChI=1S/C27H21N5O2S/c33-26-16-34-27-24(32-26)12-17(14-30-27)4-9-23-22-13-25(29-15-18(22)10-11-28-23)31-19-5-7-21(8-6-19)35-20-2-1-3-20/h5-8,10-15,20H,1-3,16H2,(H,29,31)(H,32,33). The van der Waals surface area contributed by atoms with Crippen molar-refractivity contribution in [2.24, 2.45) is 0 Å². The van der Waals surface area contributed by atoms with Crippen LogP contribution in [0.15, 0.2) is 66.0 Å². The number of fused-ring (bicyclic) bond motifs is 2. The number of carbonyl (C=O) groups excluding carboxylic acids is 1. The van der Waals surface area contributed by atoms with Crippen LogP contribution in [0.1, 0.15) is 30.5 Å². The Morgan fingerprint density at radius 2 is 1.91 bits per heavy atom. The highest BCUT2D eigenvalue weighted by atomic mass is 32.2. The van der Waals surface area contributed by atoms with E-state index in [0.717, 1.165) is 27.5 Å². The number of nitrogens with one attached hydrogen (secondary N) is 2. The van der Waals surface area contributed by atoms with Gasteiger partial charge in [-0.05, 0) is 61.2 Å². The summed E-state index contributed by atoms with van der Waals surface area (Å²) in [4.78, 5) is 26.1. The first-order valence-corrected chi connectivity index (χ1v) is 12.3. The number of hydrogen-bond acceptors (Lipinski definition) is 7. The lowest BCUT2D eigenvalue weighted by molar-refractivity contribution is -0.118. The number of benzene rings is 1. The predicted molar refractivity (Wildman–Crippen MR) is 137 cm³/mol. The van der Waals surface area contributed by atoms with Crippen LogP contribution in [0.5, 0.6) is 5.88 Å². The zero-order valence-corrected chi connectivity index (χ0v) is 19.6. The number of amides is 1. The molecule has 0 saturated heterocycles. The second-order valence-electron chi connectivity index (χ2n) is 8.43. The van der Waals surface area contributed by atoms with Gasteiger partial charge in [0.2, 0.25) is 5.88 Å². The van der Waals surface area contributed by atoms with Crippen LogP contribution in [0.2, 0.25) is 0 Å². The molecule has 4 heterocycles. The van der Waals surface area contributed by atoms with Crippen LogP contribution in [0, 0.1) is 11.8 Å². The molecule has 4 aromatic rings. The van der Waals surface area contributed by atoms with Gasteiger partial charge in [0.15, 0.2) is 6.61 Å². The summed E-state index contributed by atoms with van der Waals surface area (Å²) in [6.45, 7) is -0.0288. The van der Waals surface area contributed by atoms with E-state index in [4.69, 9.17) is 4.74 Å². The molecule has 0 atom stereocenters. The number of anilines is 3. The summed E-state index contributed by atoms with van der Waals surface area (Å²) in [5.41, 5.74) is 2.79. The molecule has 3 aromatic heterocycles. The van der Waals surface area contributed by atoms with E-state index in [-0.39, 0.29) is 12.5 Å². The zero-order valence-electron chi connectivity index (χ0n) is 18.7. The Morgan fingerprint density at radius 1 is 1.03 bits per heavy atom. The van der Waals surface area contributed by atoms with Gasteiger partial charge in [-0.2, -0.15) is 0 Å². The molecular weight excluding hydrogens is 458 g/mol. The fourth-order valence-corrected chi connectivity index (χ4v) is 5.10. The van der Waals surface area contributed by atoms with Crippen molar-refractivity contribution in [2.45, 2.75) is 29.4 Å². The Kier molecular flexibility index (Phi) is 5.68. The molecule has 1 amide bonds. The third-order valence-electron chi connectivity index (χ3n) is 5.92. The third kappa shape index (κ3) is 4.77. The summed E-state index contributed by atoms with van der Waals surface area (Å²) in [5, 5.41) is 8.75. The highest BCUT2D eigenvalue weighted by Crippen LogP contribution is 2.36. The molecule has 1 aliphatic carbocycles. The molecule has 0 unspecified atom stereocenters. The lowest BCUT2D eigenvalue weighted by Crippen LogP contribution is -2.26. The van der Waals surface area contributed by atoms with Crippen LogP contribution in [0.25, 0.3) is 10.8 Å². The van der Waals surface area contributed by atoms with Gasteiger partial charge >= 0.3 is 0 Å². The van der Waals surface area contributed by atoms with Gasteiger partial charge in [0.05, 0.1) is 0 Å². The van der Waals surface area contributed by atoms with E-state index in [1.54, 1.807) is 18.5 Å². The number of hydrogen-bond donors (Lipinski definition) is 2. The summed E-state index contributed by atoms with van der Waals surface area (Å²) >= 11 is 1.96. The second kappa shape index (κ2) is 9.28. The van der Waals surface area contributed by atoms with Gasteiger partial charge in [0, 0.05) is 50.8 Å². The van der Waals surface area contributed by atoms with Crippen molar-refractivity contribution in [2.75, 3.05) is 17.2 Å². The van der Waals surface area contributed by atoms with E-state index in [0.29, 0.717) is 22.8 Å². The molecule has 0 spiro atoms. The van der Waals surface area contributed by atoms with Crippen molar-refractivity contribution in [1.82, 2.24) is 15.0 Å². The molecule has 1 saturated carbocycles. The van der Waals surface area contributed by atoms with Crippen LogP contribution < -0.4 is 15.4 Å². The third-order valence-corrected chi connectivity index (χ3v) is 7.27. The molecule has 7 nitrogen and oxygen atoms in total. The number of aromatic nitrogens is 3. The van der Waals surface area contributed by atoms with Gasteiger partial charge in [0.1, 0.15) is 17.2 Å².